The summed E-state index contributed by atoms with van der Waals surface area (Å²) >= 11 is 0. The third-order valence-electron chi connectivity index (χ3n) is 7.27. The van der Waals surface area contributed by atoms with Gasteiger partial charge in [-0.2, -0.15) is 0 Å². The predicted octanol–water partition coefficient (Wildman–Crippen LogP) is 6.07. The Bertz CT molecular complexity index is 542. The summed E-state index contributed by atoms with van der Waals surface area (Å²) < 4.78 is 6.74. The van der Waals surface area contributed by atoms with E-state index in [0.29, 0.717) is 18.6 Å². The fourth-order valence-corrected chi connectivity index (χ4v) is 7.66. The minimum Gasteiger partial charge on any atom is -0.414 e. The van der Waals surface area contributed by atoms with E-state index < -0.39 is 21.8 Å². The van der Waals surface area contributed by atoms with Crippen LogP contribution in [0.3, 0.4) is 0 Å². The fourth-order valence-electron chi connectivity index (χ4n) is 3.97. The van der Waals surface area contributed by atoms with Crippen LogP contribution in [0.25, 0.3) is 0 Å². The molecule has 1 aliphatic rings. The lowest BCUT2D eigenvalue weighted by Gasteiger charge is -2.49. The molecule has 0 heterocycles. The number of carbonyl (C=O) groups excluding carboxylic acids is 2. The van der Waals surface area contributed by atoms with E-state index in [1.165, 1.54) is 0 Å². The Morgan fingerprint density at radius 3 is 2.12 bits per heavy atom. The van der Waals surface area contributed by atoms with Crippen molar-refractivity contribution in [2.24, 2.45) is 11.3 Å². The summed E-state index contributed by atoms with van der Waals surface area (Å²) in [5.74, 6) is 0.721. The molecule has 1 rings (SSSR count). The maximum atomic E-state index is 13.0. The van der Waals surface area contributed by atoms with Gasteiger partial charge in [0.15, 0.2) is 8.32 Å². The molecule has 4 atom stereocenters. The van der Waals surface area contributed by atoms with Gasteiger partial charge in [-0.05, 0) is 43.8 Å². The van der Waals surface area contributed by atoms with E-state index in [4.69, 9.17) is 4.43 Å². The molecule has 0 aromatic rings. The molecule has 0 radical (unpaired) electrons. The Kier molecular flexibility index (Phi) is 6.98. The molecular weight excluding hydrogens is 356 g/mol. The van der Waals surface area contributed by atoms with Gasteiger partial charge in [0.2, 0.25) is 0 Å². The van der Waals surface area contributed by atoms with Gasteiger partial charge in [-0.15, -0.1) is 0 Å². The average Bonchev–Trinajstić information content (AvgIpc) is 2.43. The second-order valence-electron chi connectivity index (χ2n) is 11.3. The first kappa shape index (κ1) is 23.8. The molecule has 5 heteroatoms. The van der Waals surface area contributed by atoms with E-state index in [9.17, 15) is 9.59 Å². The smallest absolute Gasteiger partial charge is 0.192 e. The van der Waals surface area contributed by atoms with Crippen LogP contribution in [0.2, 0.25) is 43.3 Å². The van der Waals surface area contributed by atoms with Crippen LogP contribution in [0.15, 0.2) is 0 Å². The number of ketones is 2. The summed E-state index contributed by atoms with van der Waals surface area (Å²) in [6.45, 7) is 24.0. The van der Waals surface area contributed by atoms with Crippen LogP contribution in [0, 0.1) is 11.3 Å². The lowest BCUT2D eigenvalue weighted by molar-refractivity contribution is -0.140. The van der Waals surface area contributed by atoms with Crippen LogP contribution in [-0.2, 0) is 14.0 Å². The first-order valence-electron chi connectivity index (χ1n) is 10.1. The van der Waals surface area contributed by atoms with Gasteiger partial charge in [0, 0.05) is 23.5 Å². The van der Waals surface area contributed by atoms with Gasteiger partial charge in [0.05, 0.1) is 8.07 Å². The topological polar surface area (TPSA) is 43.4 Å². The first-order valence-corrected chi connectivity index (χ1v) is 16.6. The van der Waals surface area contributed by atoms with E-state index in [1.54, 1.807) is 6.92 Å². The highest BCUT2D eigenvalue weighted by Gasteiger charge is 2.51. The van der Waals surface area contributed by atoms with Gasteiger partial charge in [-0.25, -0.2) is 0 Å². The normalized spacial score (nSPS) is 29.6. The number of rotatable bonds is 6. The minimum atomic E-state index is -1.89. The summed E-state index contributed by atoms with van der Waals surface area (Å²) in [7, 11) is -3.56. The van der Waals surface area contributed by atoms with Gasteiger partial charge in [0.1, 0.15) is 11.6 Å². The van der Waals surface area contributed by atoms with Gasteiger partial charge in [0.25, 0.3) is 0 Å². The first-order chi connectivity index (χ1) is 11.4. The summed E-state index contributed by atoms with van der Waals surface area (Å²) in [5.41, 5.74) is -0.424. The lowest BCUT2D eigenvalue weighted by Crippen LogP contribution is -2.53. The van der Waals surface area contributed by atoms with Crippen LogP contribution in [0.1, 0.15) is 60.8 Å². The maximum Gasteiger partial charge on any atom is 0.192 e. The van der Waals surface area contributed by atoms with Crippen molar-refractivity contribution in [1.29, 1.82) is 0 Å². The van der Waals surface area contributed by atoms with Gasteiger partial charge >= 0.3 is 0 Å². The summed E-state index contributed by atoms with van der Waals surface area (Å²) in [6.07, 6.45) is 2.21. The molecule has 0 spiro atoms. The molecule has 0 aromatic carbocycles. The number of hydrogen-bond acceptors (Lipinski definition) is 3. The highest BCUT2D eigenvalue weighted by atomic mass is 28.4. The lowest BCUT2D eigenvalue weighted by atomic mass is 9.63. The second-order valence-corrected chi connectivity index (χ2v) is 21.5. The fraction of sp³-hybridized carbons (Fsp3) is 0.905. The quantitative estimate of drug-likeness (QED) is 0.510. The molecular formula is C21H42O3Si2. The highest BCUT2D eigenvalue weighted by Crippen LogP contribution is 2.49. The number of hydrogen-bond donors (Lipinski definition) is 0. The van der Waals surface area contributed by atoms with Crippen molar-refractivity contribution >= 4 is 28.0 Å². The number of carbonyl (C=O) groups is 2. The molecule has 1 aliphatic carbocycles. The average molecular weight is 399 g/mol. The molecule has 0 aliphatic heterocycles. The Morgan fingerprint density at radius 1 is 1.23 bits per heavy atom. The number of Topliss-reactive ketones (excluding diaryl/α,β-unsaturated/α-hetero) is 2. The molecule has 1 unspecified atom stereocenters. The molecule has 0 N–H and O–H groups in total. The molecule has 26 heavy (non-hydrogen) atoms. The molecule has 0 aromatic heterocycles. The van der Waals surface area contributed by atoms with E-state index in [1.807, 2.05) is 0 Å². The molecule has 1 fully saturated rings. The molecule has 3 nitrogen and oxygen atoms in total. The van der Waals surface area contributed by atoms with Crippen molar-refractivity contribution < 1.29 is 14.0 Å². The van der Waals surface area contributed by atoms with Crippen molar-refractivity contribution in [2.45, 2.75) is 110 Å². The van der Waals surface area contributed by atoms with Crippen LogP contribution >= 0.6 is 0 Å². The summed E-state index contributed by atoms with van der Waals surface area (Å²) in [5, 5.41) is 0.158. The van der Waals surface area contributed by atoms with Gasteiger partial charge in [-0.1, -0.05) is 54.3 Å². The molecule has 0 saturated heterocycles. The van der Waals surface area contributed by atoms with Crippen LogP contribution < -0.4 is 0 Å². The van der Waals surface area contributed by atoms with Crippen molar-refractivity contribution in [2.75, 3.05) is 0 Å². The second kappa shape index (κ2) is 7.63. The van der Waals surface area contributed by atoms with Gasteiger partial charge < -0.3 is 9.22 Å². The third-order valence-corrected chi connectivity index (χ3v) is 14.5. The van der Waals surface area contributed by atoms with E-state index in [0.717, 1.165) is 6.42 Å². The van der Waals surface area contributed by atoms with E-state index in [-0.39, 0.29) is 28.4 Å². The monoisotopic (exact) mass is 398 g/mol. The SMILES string of the molecule is CC(=O)C(C[C@@]1(C)C(=O)CC[C@H](O[Si](C)(C)C(C)(C)C)[C@@H]1C)[Si](C)(C)C. The Morgan fingerprint density at radius 2 is 1.73 bits per heavy atom. The Hall–Kier alpha value is -0.266. The van der Waals surface area contributed by atoms with Gasteiger partial charge in [-0.3, -0.25) is 4.79 Å². The summed E-state index contributed by atoms with van der Waals surface area (Å²) in [4.78, 5) is 25.3. The molecule has 0 amide bonds. The van der Waals surface area contributed by atoms with Crippen LogP contribution in [-0.4, -0.2) is 34.1 Å². The molecule has 152 valence electrons. The third kappa shape index (κ3) is 4.96. The molecule has 0 bridgehead atoms. The maximum absolute atomic E-state index is 13.0. The van der Waals surface area contributed by atoms with Crippen LogP contribution in [0.4, 0.5) is 0 Å². The Balaban J connectivity index is 3.13. The standard InChI is InChI=1S/C21H42O3Si2/c1-15-17(24-26(10,11)20(3,4)5)12-13-19(23)21(15,6)14-18(16(2)22)25(7,8)9/h15,17-18H,12-14H2,1-11H3/t15-,17-,18?,21+/m0/s1. The minimum absolute atomic E-state index is 0.0329. The van der Waals surface area contributed by atoms with Crippen LogP contribution in [0.5, 0.6) is 0 Å². The Labute approximate surface area is 163 Å². The van der Waals surface area contributed by atoms with Crippen molar-refractivity contribution in [1.82, 2.24) is 0 Å². The largest absolute Gasteiger partial charge is 0.414 e. The van der Waals surface area contributed by atoms with Crippen molar-refractivity contribution in [3.8, 4) is 0 Å². The molecule has 1 saturated carbocycles. The zero-order valence-corrected chi connectivity index (χ0v) is 21.1. The summed E-state index contributed by atoms with van der Waals surface area (Å²) in [6, 6.07) is 0. The van der Waals surface area contributed by atoms with Crippen molar-refractivity contribution in [3.05, 3.63) is 0 Å². The van der Waals surface area contributed by atoms with E-state index in [2.05, 4.69) is 67.4 Å². The highest BCUT2D eigenvalue weighted by molar-refractivity contribution is 6.80. The van der Waals surface area contributed by atoms with E-state index >= 15 is 0 Å². The zero-order valence-electron chi connectivity index (χ0n) is 19.1. The predicted molar refractivity (Wildman–Crippen MR) is 116 cm³/mol. The zero-order chi connectivity index (χ0) is 20.7. The van der Waals surface area contributed by atoms with Crippen molar-refractivity contribution in [3.63, 3.8) is 0 Å².